The molecule has 0 aromatic carbocycles. The van der Waals surface area contributed by atoms with Gasteiger partial charge in [-0.2, -0.15) is 0 Å². The maximum Gasteiger partial charge on any atom is 0.187 e. The monoisotopic (exact) mass is 870 g/mol. The highest BCUT2D eigenvalue weighted by Gasteiger charge is 2.76. The minimum absolute atomic E-state index is 0.109. The highest BCUT2D eigenvalue weighted by molar-refractivity contribution is 5.29. The lowest BCUT2D eigenvalue weighted by Gasteiger charge is -2.60. The van der Waals surface area contributed by atoms with Crippen LogP contribution in [0, 0.1) is 40.4 Å². The van der Waals surface area contributed by atoms with Crippen molar-refractivity contribution in [2.75, 3.05) is 19.8 Å². The van der Waals surface area contributed by atoms with E-state index in [9.17, 15) is 46.0 Å². The molecule has 0 amide bonds. The van der Waals surface area contributed by atoms with Crippen LogP contribution in [0.2, 0.25) is 0 Å². The van der Waals surface area contributed by atoms with E-state index in [4.69, 9.17) is 37.9 Å². The number of rotatable bonds is 7. The van der Waals surface area contributed by atoms with Crippen LogP contribution in [0.1, 0.15) is 92.4 Å². The molecule has 0 aromatic rings. The molecule has 5 aliphatic heterocycles. The first-order chi connectivity index (χ1) is 28.9. The topological polar surface area (TPSA) is 256 Å². The van der Waals surface area contributed by atoms with Crippen molar-refractivity contribution in [1.82, 2.24) is 0 Å². The summed E-state index contributed by atoms with van der Waals surface area (Å²) in [5.41, 5.74) is -0.101. The molecule has 9 rings (SSSR count). The van der Waals surface area contributed by atoms with Gasteiger partial charge in [-0.25, -0.2) is 0 Å². The second-order valence-corrected chi connectivity index (χ2v) is 20.7. The molecule has 0 unspecified atom stereocenters. The molecule has 0 aromatic heterocycles. The first-order valence-electron chi connectivity index (χ1n) is 22.9. The van der Waals surface area contributed by atoms with Gasteiger partial charge >= 0.3 is 0 Å². The second-order valence-electron chi connectivity index (χ2n) is 20.7. The van der Waals surface area contributed by atoms with Gasteiger partial charge in [0.1, 0.15) is 66.6 Å². The Hall–Kier alpha value is -0.940. The minimum Gasteiger partial charge on any atom is -0.394 e. The van der Waals surface area contributed by atoms with Crippen LogP contribution in [0.25, 0.3) is 0 Å². The normalized spacial score (nSPS) is 58.4. The zero-order valence-electron chi connectivity index (χ0n) is 36.0. The average molecular weight is 871 g/mol. The zero-order chi connectivity index (χ0) is 43.6. The number of allylic oxidation sites excluding steroid dienone is 1. The summed E-state index contributed by atoms with van der Waals surface area (Å²) in [5.74, 6) is 0.693. The molecule has 3 saturated carbocycles. The average Bonchev–Trinajstić information content (AvgIpc) is 3.59. The fraction of sp³-hybridized carbons (Fsp3) is 0.955. The summed E-state index contributed by atoms with van der Waals surface area (Å²) in [7, 11) is 0. The Balaban J connectivity index is 0.921. The number of aliphatic hydroxyl groups is 9. The first-order valence-corrected chi connectivity index (χ1v) is 22.9. The number of hydrogen-bond donors (Lipinski definition) is 9. The Morgan fingerprint density at radius 3 is 2.20 bits per heavy atom. The Bertz CT molecular complexity index is 1610. The van der Waals surface area contributed by atoms with Crippen LogP contribution in [0.5, 0.6) is 0 Å². The van der Waals surface area contributed by atoms with Gasteiger partial charge in [0.05, 0.1) is 38.1 Å². The van der Waals surface area contributed by atoms with Gasteiger partial charge in [-0.05, 0) is 87.4 Å². The molecule has 17 nitrogen and oxygen atoms in total. The zero-order valence-corrected chi connectivity index (χ0v) is 36.0. The molecule has 0 bridgehead atoms. The van der Waals surface area contributed by atoms with Gasteiger partial charge in [-0.3, -0.25) is 0 Å². The van der Waals surface area contributed by atoms with Gasteiger partial charge in [0, 0.05) is 17.8 Å². The summed E-state index contributed by atoms with van der Waals surface area (Å²) in [6, 6.07) is 0. The molecule has 4 aliphatic carbocycles. The second kappa shape index (κ2) is 16.4. The lowest BCUT2D eigenvalue weighted by molar-refractivity contribution is -0.385. The van der Waals surface area contributed by atoms with E-state index in [2.05, 4.69) is 33.8 Å². The molecule has 5 saturated heterocycles. The summed E-state index contributed by atoms with van der Waals surface area (Å²) in [4.78, 5) is 0. The predicted octanol–water partition coefficient (Wildman–Crippen LogP) is -0.0319. The standard InChI is InChI=1S/C44H70O17/c1-19-8-13-43(55-17-19)21(3)44(53)29(61-43)15-26-24-7-6-22-14-23(9-11-41(22,4)25(24)10-12-42(26,44)5)57-40-37(60-39-34(51)32(49)30(47)20(2)56-39)35(52)36(28(16-45)58-40)59-38-33(50)31(48)27(46)18-54-38/h6,19-21,23-40,45-53H,7-18H2,1-5H3/t19-,20+,21-,23+,24-,25+,26+,27-,28-,29+,30+,31+,32-,33-,34-,35+,36-,37-,38+,39+,40-,41+,42+,43+,44-/m1/s1. The van der Waals surface area contributed by atoms with Crippen LogP contribution in [0.15, 0.2) is 11.6 Å². The van der Waals surface area contributed by atoms with Gasteiger partial charge in [0.2, 0.25) is 0 Å². The molecule has 1 spiro atoms. The van der Waals surface area contributed by atoms with Crippen molar-refractivity contribution >= 4 is 0 Å². The Morgan fingerprint density at radius 2 is 1.48 bits per heavy atom. The third-order valence-electron chi connectivity index (χ3n) is 17.5. The highest BCUT2D eigenvalue weighted by atomic mass is 16.8. The van der Waals surface area contributed by atoms with E-state index in [1.165, 1.54) is 12.5 Å². The van der Waals surface area contributed by atoms with E-state index in [0.717, 1.165) is 44.9 Å². The summed E-state index contributed by atoms with van der Waals surface area (Å²) in [6.45, 7) is 10.1. The van der Waals surface area contributed by atoms with Crippen molar-refractivity contribution in [2.45, 2.75) is 202 Å². The molecule has 0 radical (unpaired) electrons. The molecule has 61 heavy (non-hydrogen) atoms. The van der Waals surface area contributed by atoms with Crippen molar-refractivity contribution in [3.05, 3.63) is 11.6 Å². The lowest BCUT2D eigenvalue weighted by atomic mass is 9.46. The maximum absolute atomic E-state index is 12.8. The van der Waals surface area contributed by atoms with E-state index in [0.29, 0.717) is 43.1 Å². The van der Waals surface area contributed by atoms with E-state index >= 15 is 0 Å². The van der Waals surface area contributed by atoms with Gasteiger partial charge in [-0.1, -0.05) is 39.3 Å². The largest absolute Gasteiger partial charge is 0.394 e. The van der Waals surface area contributed by atoms with E-state index in [-0.39, 0.29) is 29.5 Å². The quantitative estimate of drug-likeness (QED) is 0.152. The fourth-order valence-electron chi connectivity index (χ4n) is 13.7. The van der Waals surface area contributed by atoms with Gasteiger partial charge < -0.3 is 83.9 Å². The van der Waals surface area contributed by atoms with Crippen LogP contribution in [-0.2, 0) is 37.9 Å². The molecule has 9 aliphatic rings. The minimum atomic E-state index is -1.72. The fourth-order valence-corrected chi connectivity index (χ4v) is 13.7. The molecular formula is C44H70O17. The van der Waals surface area contributed by atoms with Crippen LogP contribution < -0.4 is 0 Å². The van der Waals surface area contributed by atoms with Gasteiger partial charge in [0.25, 0.3) is 0 Å². The molecule has 25 atom stereocenters. The molecular weight excluding hydrogens is 800 g/mol. The van der Waals surface area contributed by atoms with Crippen molar-refractivity contribution in [2.24, 2.45) is 40.4 Å². The summed E-state index contributed by atoms with van der Waals surface area (Å²) in [6.07, 6.45) is -11.5. The van der Waals surface area contributed by atoms with Gasteiger partial charge in [-0.15, -0.1) is 0 Å². The van der Waals surface area contributed by atoms with Gasteiger partial charge in [0.15, 0.2) is 24.7 Å². The maximum atomic E-state index is 12.8. The van der Waals surface area contributed by atoms with Crippen molar-refractivity contribution in [1.29, 1.82) is 0 Å². The first kappa shape index (κ1) is 45.2. The third kappa shape index (κ3) is 7.06. The molecule has 17 heteroatoms. The smallest absolute Gasteiger partial charge is 0.187 e. The number of aliphatic hydroxyl groups excluding tert-OH is 8. The lowest BCUT2D eigenvalue weighted by Crippen LogP contribution is -2.66. The van der Waals surface area contributed by atoms with Crippen molar-refractivity contribution < 1.29 is 83.9 Å². The Labute approximate surface area is 357 Å². The summed E-state index contributed by atoms with van der Waals surface area (Å²) in [5, 5.41) is 97.9. The molecule has 8 fully saturated rings. The predicted molar refractivity (Wildman–Crippen MR) is 210 cm³/mol. The van der Waals surface area contributed by atoms with Crippen molar-refractivity contribution in [3.8, 4) is 0 Å². The van der Waals surface area contributed by atoms with Crippen LogP contribution in [0.3, 0.4) is 0 Å². The van der Waals surface area contributed by atoms with E-state index < -0.39 is 110 Å². The third-order valence-corrected chi connectivity index (χ3v) is 17.5. The molecule has 9 N–H and O–H groups in total. The highest BCUT2D eigenvalue weighted by Crippen LogP contribution is 2.72. The molecule has 348 valence electrons. The van der Waals surface area contributed by atoms with E-state index in [1.807, 2.05) is 0 Å². The Kier molecular flexibility index (Phi) is 12.2. The molecule has 5 heterocycles. The SMILES string of the molecule is C[C@@H]1CC[C@]2(OC1)O[C@H]1C[C@H]3[C@@H]4CC=C5C[C@@H](O[C@@H]6O[C@H](CO)[C@@H](O[C@@H]7OC[C@@H](O)[C@H](O)[C@H]7O)[C@H](O)[C@H]6O[C@@H]6O[C@@H](C)[C@H](O)[C@@H](O)[C@H]6O)CC[C@]5(C)[C@H]4CC[C@]3(C)[C@@]1(O)[C@@H]2C. The number of fused-ring (bicyclic) bond motifs is 7. The van der Waals surface area contributed by atoms with E-state index in [1.54, 1.807) is 0 Å². The summed E-state index contributed by atoms with van der Waals surface area (Å²) < 4.78 is 49.5. The number of hydrogen-bond acceptors (Lipinski definition) is 17. The summed E-state index contributed by atoms with van der Waals surface area (Å²) >= 11 is 0. The van der Waals surface area contributed by atoms with Crippen LogP contribution >= 0.6 is 0 Å². The van der Waals surface area contributed by atoms with Crippen LogP contribution in [-0.4, -0.2) is 175 Å². The Morgan fingerprint density at radius 1 is 0.738 bits per heavy atom. The van der Waals surface area contributed by atoms with Crippen molar-refractivity contribution in [3.63, 3.8) is 0 Å². The van der Waals surface area contributed by atoms with Crippen LogP contribution in [0.4, 0.5) is 0 Å². The number of ether oxygens (including phenoxy) is 8.